The van der Waals surface area contributed by atoms with Gasteiger partial charge in [-0.2, -0.15) is 0 Å². The Labute approximate surface area is 218 Å². The second-order valence-electron chi connectivity index (χ2n) is 11.1. The van der Waals surface area contributed by atoms with Gasteiger partial charge in [0.2, 0.25) is 0 Å². The molecule has 0 saturated carbocycles. The molecule has 0 aliphatic rings. The van der Waals surface area contributed by atoms with E-state index in [1.54, 1.807) is 6.07 Å². The van der Waals surface area contributed by atoms with E-state index < -0.39 is 27.4 Å². The second-order valence-corrected chi connectivity index (χ2v) is 16.1. The first kappa shape index (κ1) is 27.2. The quantitative estimate of drug-likeness (QED) is 0.258. The van der Waals surface area contributed by atoms with Gasteiger partial charge in [-0.25, -0.2) is 0 Å². The third-order valence-corrected chi connectivity index (χ3v) is 13.0. The van der Waals surface area contributed by atoms with Crippen LogP contribution in [-0.4, -0.2) is 38.4 Å². The van der Waals surface area contributed by atoms with E-state index in [0.717, 1.165) is 26.8 Å². The van der Waals surface area contributed by atoms with Crippen LogP contribution in [0.4, 0.5) is 13.2 Å². The van der Waals surface area contributed by atoms with Gasteiger partial charge < -0.3 is 0 Å². The summed E-state index contributed by atoms with van der Waals surface area (Å²) in [5.41, 5.74) is 1.72. The zero-order valence-electron chi connectivity index (χ0n) is 21.9. The molecule has 0 fully saturated rings. The number of hydrogen-bond acceptors (Lipinski definition) is 2. The third kappa shape index (κ3) is 6.00. The Balaban J connectivity index is 1.49. The van der Waals surface area contributed by atoms with E-state index in [1.165, 1.54) is 12.1 Å². The monoisotopic (exact) mass is 525 g/mol. The summed E-state index contributed by atoms with van der Waals surface area (Å²) in [6.45, 7) is 6.93. The van der Waals surface area contributed by atoms with Crippen molar-refractivity contribution in [2.24, 2.45) is 0 Å². The Morgan fingerprint density at radius 2 is 1.51 bits per heavy atom. The first-order valence-electron chi connectivity index (χ1n) is 12.8. The molecule has 0 unspecified atom stereocenters. The van der Waals surface area contributed by atoms with E-state index in [9.17, 15) is 4.39 Å². The van der Waals surface area contributed by atoms with E-state index >= 15 is 8.78 Å². The van der Waals surface area contributed by atoms with Gasteiger partial charge in [-0.1, -0.05) is 0 Å². The minimum atomic E-state index is -3.45. The van der Waals surface area contributed by atoms with Gasteiger partial charge in [-0.15, -0.1) is 0 Å². The van der Waals surface area contributed by atoms with Crippen molar-refractivity contribution < 1.29 is 17.6 Å². The van der Waals surface area contributed by atoms with Crippen molar-refractivity contribution in [2.75, 3.05) is 13.2 Å². The van der Waals surface area contributed by atoms with Crippen LogP contribution < -0.4 is 15.7 Å². The Kier molecular flexibility index (Phi) is 7.97. The van der Waals surface area contributed by atoms with Crippen LogP contribution >= 0.6 is 0 Å². The standard InChI is InChI=1S/C30H36F3N2OSi/c1-22(17-23-19-34-28-16-15-24(31)18-27(23)28)35-20-30(32,33)21-36-37(29(2,3)4,25-11-7-5-8-12-25)26-13-9-6-10-14-26/h5-16,18-19,22,34-35,37H,17,20-21H2,1-4H3/q-1/t22-/m1/s1. The van der Waals surface area contributed by atoms with Crippen LogP contribution in [0.15, 0.2) is 85.1 Å². The molecule has 7 heteroatoms. The second kappa shape index (κ2) is 10.9. The summed E-state index contributed by atoms with van der Waals surface area (Å²) >= 11 is 0. The van der Waals surface area contributed by atoms with Crippen LogP contribution in [0.25, 0.3) is 10.9 Å². The Bertz CT molecular complexity index is 1260. The van der Waals surface area contributed by atoms with Crippen molar-refractivity contribution in [1.29, 1.82) is 0 Å². The van der Waals surface area contributed by atoms with Crippen molar-refractivity contribution in [3.8, 4) is 0 Å². The van der Waals surface area contributed by atoms with Gasteiger partial charge in [-0.3, -0.25) is 0 Å². The van der Waals surface area contributed by atoms with Crippen LogP contribution in [0.2, 0.25) is 5.04 Å². The van der Waals surface area contributed by atoms with E-state index in [0.29, 0.717) is 6.42 Å². The maximum atomic E-state index is 15.3. The molecular weight excluding hydrogens is 489 g/mol. The minimum absolute atomic E-state index is 0.233. The zero-order valence-corrected chi connectivity index (χ0v) is 23.1. The Morgan fingerprint density at radius 3 is 2.08 bits per heavy atom. The van der Waals surface area contributed by atoms with E-state index in [1.807, 2.05) is 73.8 Å². The van der Waals surface area contributed by atoms with Gasteiger partial charge in [0.25, 0.3) is 0 Å². The first-order chi connectivity index (χ1) is 17.5. The van der Waals surface area contributed by atoms with Crippen LogP contribution in [0.1, 0.15) is 33.3 Å². The van der Waals surface area contributed by atoms with E-state index in [2.05, 4.69) is 31.1 Å². The molecule has 1 aromatic heterocycles. The van der Waals surface area contributed by atoms with Crippen molar-refractivity contribution in [3.05, 3.63) is 96.4 Å². The molecule has 1 heterocycles. The summed E-state index contributed by atoms with van der Waals surface area (Å²) in [6, 6.07) is 24.0. The van der Waals surface area contributed by atoms with Crippen LogP contribution in [0.3, 0.4) is 0 Å². The van der Waals surface area contributed by atoms with Gasteiger partial charge in [0.1, 0.15) is 0 Å². The molecule has 0 spiro atoms. The molecular formula is C30H36F3N2OSi-. The normalized spacial score (nSPS) is 14.1. The average Bonchev–Trinajstić information content (AvgIpc) is 3.25. The molecule has 0 aliphatic carbocycles. The van der Waals surface area contributed by atoms with Crippen molar-refractivity contribution in [1.82, 2.24) is 10.3 Å². The maximum absolute atomic E-state index is 15.3. The third-order valence-electron chi connectivity index (χ3n) is 7.27. The van der Waals surface area contributed by atoms with Gasteiger partial charge in [0.05, 0.1) is 0 Å². The number of nitrogens with one attached hydrogen (secondary N) is 2. The number of fused-ring (bicyclic) bond motifs is 1. The number of rotatable bonds is 10. The van der Waals surface area contributed by atoms with Gasteiger partial charge in [0.15, 0.2) is 0 Å². The molecule has 3 aromatic carbocycles. The number of halogens is 3. The Morgan fingerprint density at radius 1 is 0.919 bits per heavy atom. The van der Waals surface area contributed by atoms with E-state index in [-0.39, 0.29) is 16.9 Å². The fourth-order valence-electron chi connectivity index (χ4n) is 5.43. The molecule has 198 valence electrons. The molecule has 1 atom stereocenters. The molecule has 4 rings (SSSR count). The summed E-state index contributed by atoms with van der Waals surface area (Å²) in [4.78, 5) is 3.12. The predicted octanol–water partition coefficient (Wildman–Crippen LogP) is 5.77. The van der Waals surface area contributed by atoms with Crippen LogP contribution in [-0.2, 0) is 10.8 Å². The first-order valence-corrected chi connectivity index (χ1v) is 15.0. The molecule has 4 aromatic rings. The summed E-state index contributed by atoms with van der Waals surface area (Å²) in [6.07, 6.45) is 2.31. The summed E-state index contributed by atoms with van der Waals surface area (Å²) in [7, 11) is -3.45. The number of aromatic nitrogens is 1. The number of benzene rings is 3. The predicted molar refractivity (Wildman–Crippen MR) is 149 cm³/mol. The molecule has 0 aliphatic heterocycles. The van der Waals surface area contributed by atoms with Crippen molar-refractivity contribution in [3.63, 3.8) is 0 Å². The van der Waals surface area contributed by atoms with Crippen LogP contribution in [0, 0.1) is 5.82 Å². The molecule has 37 heavy (non-hydrogen) atoms. The number of H-pyrrole nitrogens is 1. The average molecular weight is 526 g/mol. The molecule has 0 radical (unpaired) electrons. The molecule has 3 nitrogen and oxygen atoms in total. The number of hydrogen-bond donors (Lipinski definition) is 2. The molecule has 0 bridgehead atoms. The topological polar surface area (TPSA) is 37.0 Å². The van der Waals surface area contributed by atoms with Gasteiger partial charge in [0, 0.05) is 0 Å². The SMILES string of the molecule is C[C@H](Cc1c[nH]c2ccc(F)cc12)NCC(F)(F)CO[SiH-](c1ccccc1)(c1ccccc1)C(C)(C)C. The zero-order chi connectivity index (χ0) is 26.7. The fourth-order valence-corrected chi connectivity index (χ4v) is 10.7. The summed E-state index contributed by atoms with van der Waals surface area (Å²) in [5.74, 6) is -3.39. The molecule has 2 N–H and O–H groups in total. The van der Waals surface area contributed by atoms with Crippen molar-refractivity contribution >= 4 is 29.6 Å². The molecule has 0 saturated heterocycles. The van der Waals surface area contributed by atoms with Gasteiger partial charge in [-0.05, 0) is 0 Å². The Hall–Kier alpha value is -2.87. The van der Waals surface area contributed by atoms with Crippen LogP contribution in [0.5, 0.6) is 0 Å². The van der Waals surface area contributed by atoms with Gasteiger partial charge >= 0.3 is 218 Å². The van der Waals surface area contributed by atoms with E-state index in [4.69, 9.17) is 4.43 Å². The molecule has 0 amide bonds. The number of aromatic amines is 1. The fraction of sp³-hybridized carbons (Fsp3) is 0.333. The van der Waals surface area contributed by atoms with Crippen molar-refractivity contribution in [2.45, 2.75) is 51.1 Å². The summed E-state index contributed by atoms with van der Waals surface area (Å²) < 4.78 is 50.8. The number of alkyl halides is 2. The summed E-state index contributed by atoms with van der Waals surface area (Å²) in [5, 5.41) is 5.40.